The molecule has 0 radical (unpaired) electrons. The van der Waals surface area contributed by atoms with Crippen LogP contribution in [0.1, 0.15) is 18.1 Å². The minimum atomic E-state index is -0.579. The molecule has 1 aromatic rings. The van der Waals surface area contributed by atoms with E-state index in [2.05, 4.69) is 15.9 Å². The fourth-order valence-corrected chi connectivity index (χ4v) is 2.89. The highest BCUT2D eigenvalue weighted by Crippen LogP contribution is 2.42. The molecule has 1 heterocycles. The van der Waals surface area contributed by atoms with Gasteiger partial charge in [0.15, 0.2) is 0 Å². The summed E-state index contributed by atoms with van der Waals surface area (Å²) in [4.78, 5) is 0. The molecule has 1 aliphatic rings. The number of hydrogen-bond donors (Lipinski definition) is 1. The Morgan fingerprint density at radius 2 is 2.17 bits per heavy atom. The van der Waals surface area contributed by atoms with E-state index in [1.165, 1.54) is 0 Å². The SMILES string of the molecule is COc1ccc(C(O)C2CCOC2)c(OC)c1Br. The van der Waals surface area contributed by atoms with Gasteiger partial charge in [0.25, 0.3) is 0 Å². The number of aliphatic hydroxyl groups excluding tert-OH is 1. The third-order valence-electron chi connectivity index (χ3n) is 3.25. The number of halogens is 1. The van der Waals surface area contributed by atoms with E-state index >= 15 is 0 Å². The van der Waals surface area contributed by atoms with E-state index in [1.54, 1.807) is 14.2 Å². The largest absolute Gasteiger partial charge is 0.495 e. The van der Waals surface area contributed by atoms with Crippen LogP contribution in [0.15, 0.2) is 16.6 Å². The van der Waals surface area contributed by atoms with E-state index in [4.69, 9.17) is 14.2 Å². The Morgan fingerprint density at radius 3 is 2.72 bits per heavy atom. The monoisotopic (exact) mass is 316 g/mol. The summed E-state index contributed by atoms with van der Waals surface area (Å²) in [5.41, 5.74) is 0.765. The zero-order chi connectivity index (χ0) is 13.1. The average molecular weight is 317 g/mol. The van der Waals surface area contributed by atoms with Gasteiger partial charge in [-0.15, -0.1) is 0 Å². The van der Waals surface area contributed by atoms with Gasteiger partial charge in [0.2, 0.25) is 0 Å². The molecule has 0 aromatic heterocycles. The molecular weight excluding hydrogens is 300 g/mol. The van der Waals surface area contributed by atoms with Crippen LogP contribution >= 0.6 is 15.9 Å². The highest BCUT2D eigenvalue weighted by molar-refractivity contribution is 9.10. The number of hydrogen-bond acceptors (Lipinski definition) is 4. The second-order valence-corrected chi connectivity index (χ2v) is 5.07. The molecule has 0 aliphatic carbocycles. The van der Waals surface area contributed by atoms with Crippen molar-refractivity contribution < 1.29 is 19.3 Å². The fraction of sp³-hybridized carbons (Fsp3) is 0.538. The molecule has 1 N–H and O–H groups in total. The van der Waals surface area contributed by atoms with Gasteiger partial charge in [0, 0.05) is 18.1 Å². The third kappa shape index (κ3) is 2.48. The van der Waals surface area contributed by atoms with Crippen LogP contribution in [0.5, 0.6) is 11.5 Å². The Balaban J connectivity index is 2.34. The van der Waals surface area contributed by atoms with Gasteiger partial charge in [-0.05, 0) is 34.5 Å². The van der Waals surface area contributed by atoms with Crippen molar-refractivity contribution in [3.63, 3.8) is 0 Å². The van der Waals surface area contributed by atoms with Crippen LogP contribution in [0.2, 0.25) is 0 Å². The second-order valence-electron chi connectivity index (χ2n) is 4.27. The summed E-state index contributed by atoms with van der Waals surface area (Å²) in [7, 11) is 3.18. The lowest BCUT2D eigenvalue weighted by Gasteiger charge is -2.21. The Labute approximate surface area is 115 Å². The molecule has 1 aromatic carbocycles. The molecular formula is C13H17BrO4. The third-order valence-corrected chi connectivity index (χ3v) is 4.00. The molecule has 18 heavy (non-hydrogen) atoms. The van der Waals surface area contributed by atoms with Crippen LogP contribution in [0, 0.1) is 5.92 Å². The predicted molar refractivity (Wildman–Crippen MR) is 71.1 cm³/mol. The predicted octanol–water partition coefficient (Wildman–Crippen LogP) is 2.54. The van der Waals surface area contributed by atoms with Gasteiger partial charge in [0.05, 0.1) is 26.9 Å². The van der Waals surface area contributed by atoms with Crippen LogP contribution in [-0.2, 0) is 4.74 Å². The van der Waals surface area contributed by atoms with Crippen LogP contribution in [-0.4, -0.2) is 32.5 Å². The number of rotatable bonds is 4. The Bertz CT molecular complexity index is 416. The summed E-state index contributed by atoms with van der Waals surface area (Å²) in [6.07, 6.45) is 0.290. The van der Waals surface area contributed by atoms with E-state index in [9.17, 15) is 5.11 Å². The summed E-state index contributed by atoms with van der Waals surface area (Å²) in [6.45, 7) is 1.30. The second kappa shape index (κ2) is 5.91. The van der Waals surface area contributed by atoms with Crippen LogP contribution in [0.25, 0.3) is 0 Å². The smallest absolute Gasteiger partial charge is 0.142 e. The topological polar surface area (TPSA) is 47.9 Å². The summed E-state index contributed by atoms with van der Waals surface area (Å²) < 4.78 is 16.6. The molecule has 2 rings (SSSR count). The Kier molecular flexibility index (Phi) is 4.48. The van der Waals surface area contributed by atoms with Gasteiger partial charge < -0.3 is 19.3 Å². The maximum Gasteiger partial charge on any atom is 0.142 e. The van der Waals surface area contributed by atoms with Crippen molar-refractivity contribution in [1.82, 2.24) is 0 Å². The molecule has 4 nitrogen and oxygen atoms in total. The van der Waals surface area contributed by atoms with Crippen molar-refractivity contribution in [3.05, 3.63) is 22.2 Å². The summed E-state index contributed by atoms with van der Waals surface area (Å²) >= 11 is 3.44. The van der Waals surface area contributed by atoms with Crippen molar-refractivity contribution in [2.45, 2.75) is 12.5 Å². The molecule has 100 valence electrons. The Morgan fingerprint density at radius 1 is 1.39 bits per heavy atom. The van der Waals surface area contributed by atoms with Crippen LogP contribution in [0.4, 0.5) is 0 Å². The number of benzene rings is 1. The standard InChI is InChI=1S/C13H17BrO4/c1-16-10-4-3-9(13(17-2)11(10)14)12(15)8-5-6-18-7-8/h3-4,8,12,15H,5-7H2,1-2H3. The molecule has 0 bridgehead atoms. The van der Waals surface area contributed by atoms with Crippen molar-refractivity contribution >= 4 is 15.9 Å². The van der Waals surface area contributed by atoms with E-state index in [0.717, 1.165) is 16.5 Å². The van der Waals surface area contributed by atoms with Crippen molar-refractivity contribution in [3.8, 4) is 11.5 Å². The van der Waals surface area contributed by atoms with Gasteiger partial charge >= 0.3 is 0 Å². The lowest BCUT2D eigenvalue weighted by molar-refractivity contribution is 0.0895. The highest BCUT2D eigenvalue weighted by atomic mass is 79.9. The van der Waals surface area contributed by atoms with Crippen LogP contribution in [0.3, 0.4) is 0 Å². The van der Waals surface area contributed by atoms with E-state index in [1.807, 2.05) is 12.1 Å². The summed E-state index contributed by atoms with van der Waals surface area (Å²) in [5, 5.41) is 10.4. The number of aliphatic hydroxyl groups is 1. The minimum Gasteiger partial charge on any atom is -0.495 e. The minimum absolute atomic E-state index is 0.124. The number of methoxy groups -OCH3 is 2. The molecule has 2 atom stereocenters. The molecule has 1 fully saturated rings. The summed E-state index contributed by atoms with van der Waals surface area (Å²) in [5.74, 6) is 1.43. The molecule has 2 unspecified atom stereocenters. The average Bonchev–Trinajstić information content (AvgIpc) is 2.91. The van der Waals surface area contributed by atoms with Gasteiger partial charge in [-0.25, -0.2) is 0 Å². The maximum absolute atomic E-state index is 10.4. The van der Waals surface area contributed by atoms with Gasteiger partial charge in [-0.2, -0.15) is 0 Å². The fourth-order valence-electron chi connectivity index (χ4n) is 2.21. The van der Waals surface area contributed by atoms with Crippen molar-refractivity contribution in [1.29, 1.82) is 0 Å². The quantitative estimate of drug-likeness (QED) is 0.927. The first kappa shape index (κ1) is 13.6. The lowest BCUT2D eigenvalue weighted by atomic mass is 9.94. The van der Waals surface area contributed by atoms with E-state index in [-0.39, 0.29) is 5.92 Å². The van der Waals surface area contributed by atoms with Gasteiger partial charge in [0.1, 0.15) is 16.0 Å². The van der Waals surface area contributed by atoms with E-state index < -0.39 is 6.10 Å². The number of ether oxygens (including phenoxy) is 3. The van der Waals surface area contributed by atoms with Crippen molar-refractivity contribution in [2.24, 2.45) is 5.92 Å². The zero-order valence-electron chi connectivity index (χ0n) is 10.5. The molecule has 0 amide bonds. The lowest BCUT2D eigenvalue weighted by Crippen LogP contribution is -2.13. The molecule has 5 heteroatoms. The van der Waals surface area contributed by atoms with Crippen LogP contribution < -0.4 is 9.47 Å². The zero-order valence-corrected chi connectivity index (χ0v) is 12.1. The van der Waals surface area contributed by atoms with Crippen molar-refractivity contribution in [2.75, 3.05) is 27.4 Å². The maximum atomic E-state index is 10.4. The first-order valence-corrected chi connectivity index (χ1v) is 6.64. The highest BCUT2D eigenvalue weighted by Gasteiger charge is 2.28. The summed E-state index contributed by atoms with van der Waals surface area (Å²) in [6, 6.07) is 3.66. The Hall–Kier alpha value is -0.780. The van der Waals surface area contributed by atoms with Gasteiger partial charge in [-0.3, -0.25) is 0 Å². The molecule has 1 saturated heterocycles. The first-order valence-electron chi connectivity index (χ1n) is 5.85. The van der Waals surface area contributed by atoms with Gasteiger partial charge in [-0.1, -0.05) is 0 Å². The van der Waals surface area contributed by atoms with E-state index in [0.29, 0.717) is 24.7 Å². The normalized spacial score (nSPS) is 20.8. The first-order chi connectivity index (χ1) is 8.69. The molecule has 0 saturated carbocycles. The molecule has 0 spiro atoms. The molecule has 1 aliphatic heterocycles.